The molecule has 0 spiro atoms. The fourth-order valence-electron chi connectivity index (χ4n) is 3.49. The van der Waals surface area contributed by atoms with Gasteiger partial charge in [0.2, 0.25) is 0 Å². The van der Waals surface area contributed by atoms with Crippen molar-refractivity contribution >= 4 is 11.7 Å². The van der Waals surface area contributed by atoms with Crippen molar-refractivity contribution in [1.29, 1.82) is 0 Å². The maximum absolute atomic E-state index is 12.7. The number of nitrogens with one attached hydrogen (secondary N) is 1. The first-order chi connectivity index (χ1) is 12.7. The number of aromatic nitrogens is 2. The number of piperidine rings is 1. The van der Waals surface area contributed by atoms with E-state index in [0.29, 0.717) is 17.4 Å². The highest BCUT2D eigenvalue weighted by atomic mass is 16.5. The van der Waals surface area contributed by atoms with Crippen LogP contribution in [-0.4, -0.2) is 47.3 Å². The van der Waals surface area contributed by atoms with Crippen molar-refractivity contribution in [3.63, 3.8) is 0 Å². The normalized spacial score (nSPS) is 15.8. The average Bonchev–Trinajstić information content (AvgIpc) is 3.14. The van der Waals surface area contributed by atoms with Gasteiger partial charge in [0.1, 0.15) is 11.6 Å². The van der Waals surface area contributed by atoms with E-state index >= 15 is 0 Å². The first-order valence-corrected chi connectivity index (χ1v) is 9.43. The van der Waals surface area contributed by atoms with Gasteiger partial charge < -0.3 is 15.0 Å². The summed E-state index contributed by atoms with van der Waals surface area (Å²) < 4.78 is 7.25. The molecule has 6 heteroatoms. The van der Waals surface area contributed by atoms with Gasteiger partial charge in [0.25, 0.3) is 5.91 Å². The second-order valence-corrected chi connectivity index (χ2v) is 6.74. The Morgan fingerprint density at radius 2 is 2.04 bits per heavy atom. The summed E-state index contributed by atoms with van der Waals surface area (Å²) >= 11 is 0. The number of ether oxygens (including phenoxy) is 1. The summed E-state index contributed by atoms with van der Waals surface area (Å²) in [5.41, 5.74) is 0.525. The van der Waals surface area contributed by atoms with Crippen LogP contribution >= 0.6 is 0 Å². The molecule has 1 amide bonds. The number of likely N-dealkylation sites (tertiary alicyclic amines) is 1. The largest absolute Gasteiger partial charge is 0.496 e. The van der Waals surface area contributed by atoms with Crippen LogP contribution in [0.25, 0.3) is 0 Å². The molecular formula is C20H28N4O2. The van der Waals surface area contributed by atoms with Gasteiger partial charge in [-0.1, -0.05) is 25.5 Å². The smallest absolute Gasteiger partial charge is 0.260 e. The SMILES string of the molecule is CCCCN1CCC(n2nccc2NC(=O)c2ccccc2OC)CC1. The van der Waals surface area contributed by atoms with Crippen molar-refractivity contribution < 1.29 is 9.53 Å². The molecule has 0 atom stereocenters. The lowest BCUT2D eigenvalue weighted by Crippen LogP contribution is -2.36. The first kappa shape index (κ1) is 18.5. The minimum absolute atomic E-state index is 0.176. The summed E-state index contributed by atoms with van der Waals surface area (Å²) in [7, 11) is 1.57. The Bertz CT molecular complexity index is 720. The Kier molecular flexibility index (Phi) is 6.28. The minimum Gasteiger partial charge on any atom is -0.496 e. The zero-order valence-electron chi connectivity index (χ0n) is 15.6. The number of hydrogen-bond donors (Lipinski definition) is 1. The number of benzene rings is 1. The molecule has 1 fully saturated rings. The molecule has 140 valence electrons. The standard InChI is InChI=1S/C20H28N4O2/c1-3-4-13-23-14-10-16(11-15-23)24-19(9-12-21-24)22-20(25)17-7-5-6-8-18(17)26-2/h5-9,12,16H,3-4,10-11,13-15H2,1-2H3,(H,22,25). The fraction of sp³-hybridized carbons (Fsp3) is 0.500. The van der Waals surface area contributed by atoms with Crippen LogP contribution in [0.4, 0.5) is 5.82 Å². The molecule has 1 N–H and O–H groups in total. The zero-order chi connectivity index (χ0) is 18.4. The number of unbranched alkanes of at least 4 members (excludes halogenated alkanes) is 1. The highest BCUT2D eigenvalue weighted by molar-refractivity contribution is 6.05. The number of amides is 1. The molecule has 0 unspecified atom stereocenters. The third-order valence-corrected chi connectivity index (χ3v) is 4.99. The van der Waals surface area contributed by atoms with E-state index in [9.17, 15) is 4.79 Å². The molecule has 2 heterocycles. The fourth-order valence-corrected chi connectivity index (χ4v) is 3.49. The van der Waals surface area contributed by atoms with E-state index in [1.807, 2.05) is 22.9 Å². The van der Waals surface area contributed by atoms with Gasteiger partial charge in [-0.25, -0.2) is 4.68 Å². The van der Waals surface area contributed by atoms with E-state index < -0.39 is 0 Å². The van der Waals surface area contributed by atoms with Crippen molar-refractivity contribution in [2.75, 3.05) is 32.1 Å². The monoisotopic (exact) mass is 356 g/mol. The van der Waals surface area contributed by atoms with Gasteiger partial charge in [0.15, 0.2) is 0 Å². The predicted molar refractivity (Wildman–Crippen MR) is 103 cm³/mol. The van der Waals surface area contributed by atoms with E-state index in [0.717, 1.165) is 31.7 Å². The number of carbonyl (C=O) groups is 1. The van der Waals surface area contributed by atoms with Gasteiger partial charge in [-0.2, -0.15) is 5.10 Å². The summed E-state index contributed by atoms with van der Waals surface area (Å²) in [6, 6.07) is 9.43. The molecule has 1 aliphatic heterocycles. The highest BCUT2D eigenvalue weighted by Crippen LogP contribution is 2.26. The number of anilines is 1. The third-order valence-electron chi connectivity index (χ3n) is 4.99. The zero-order valence-corrected chi connectivity index (χ0v) is 15.6. The van der Waals surface area contributed by atoms with Gasteiger partial charge in [0.05, 0.1) is 24.9 Å². The van der Waals surface area contributed by atoms with Gasteiger partial charge >= 0.3 is 0 Å². The number of para-hydroxylation sites is 1. The van der Waals surface area contributed by atoms with Crippen LogP contribution in [0.2, 0.25) is 0 Å². The number of rotatable bonds is 7. The van der Waals surface area contributed by atoms with Gasteiger partial charge in [-0.05, 0) is 37.9 Å². The summed E-state index contributed by atoms with van der Waals surface area (Å²) in [5, 5.41) is 7.46. The second-order valence-electron chi connectivity index (χ2n) is 6.74. The molecule has 0 radical (unpaired) electrons. The molecule has 6 nitrogen and oxygen atoms in total. The van der Waals surface area contributed by atoms with Crippen molar-refractivity contribution in [2.45, 2.75) is 38.6 Å². The maximum Gasteiger partial charge on any atom is 0.260 e. The molecule has 0 aliphatic carbocycles. The van der Waals surface area contributed by atoms with E-state index in [1.165, 1.54) is 19.4 Å². The topological polar surface area (TPSA) is 59.4 Å². The molecule has 26 heavy (non-hydrogen) atoms. The van der Waals surface area contributed by atoms with E-state index in [4.69, 9.17) is 4.74 Å². The molecule has 0 saturated carbocycles. The number of nitrogens with zero attached hydrogens (tertiary/aromatic N) is 3. The van der Waals surface area contributed by atoms with Crippen LogP contribution in [0.5, 0.6) is 5.75 Å². The Morgan fingerprint density at radius 1 is 1.27 bits per heavy atom. The lowest BCUT2D eigenvalue weighted by molar-refractivity contribution is 0.102. The van der Waals surface area contributed by atoms with Crippen molar-refractivity contribution in [3.05, 3.63) is 42.1 Å². The second kappa shape index (κ2) is 8.85. The summed E-state index contributed by atoms with van der Waals surface area (Å²) in [4.78, 5) is 15.2. The van der Waals surface area contributed by atoms with Crippen LogP contribution in [-0.2, 0) is 0 Å². The van der Waals surface area contributed by atoms with Crippen LogP contribution in [0.15, 0.2) is 36.5 Å². The van der Waals surface area contributed by atoms with Crippen molar-refractivity contribution in [3.8, 4) is 5.75 Å². The lowest BCUT2D eigenvalue weighted by atomic mass is 10.0. The Balaban J connectivity index is 1.65. The molecule has 1 aromatic heterocycles. The Labute approximate surface area is 155 Å². The van der Waals surface area contributed by atoms with Crippen LogP contribution in [0, 0.1) is 0 Å². The average molecular weight is 356 g/mol. The number of hydrogen-bond acceptors (Lipinski definition) is 4. The maximum atomic E-state index is 12.7. The van der Waals surface area contributed by atoms with Crippen molar-refractivity contribution in [1.82, 2.24) is 14.7 Å². The number of carbonyl (C=O) groups excluding carboxylic acids is 1. The van der Waals surface area contributed by atoms with Crippen LogP contribution in [0.1, 0.15) is 49.0 Å². The molecule has 1 saturated heterocycles. The quantitative estimate of drug-likeness (QED) is 0.824. The summed E-state index contributed by atoms with van der Waals surface area (Å²) in [6.07, 6.45) is 6.36. The van der Waals surface area contributed by atoms with Gasteiger partial charge in [0, 0.05) is 19.2 Å². The van der Waals surface area contributed by atoms with E-state index in [-0.39, 0.29) is 5.91 Å². The van der Waals surface area contributed by atoms with Crippen LogP contribution < -0.4 is 10.1 Å². The van der Waals surface area contributed by atoms with E-state index in [2.05, 4.69) is 22.2 Å². The summed E-state index contributed by atoms with van der Waals surface area (Å²) in [5.74, 6) is 1.14. The van der Waals surface area contributed by atoms with Gasteiger partial charge in [-0.3, -0.25) is 4.79 Å². The van der Waals surface area contributed by atoms with Crippen molar-refractivity contribution in [2.24, 2.45) is 0 Å². The lowest BCUT2D eigenvalue weighted by Gasteiger charge is -2.32. The first-order valence-electron chi connectivity index (χ1n) is 9.43. The Morgan fingerprint density at radius 3 is 2.77 bits per heavy atom. The minimum atomic E-state index is -0.176. The number of methoxy groups -OCH3 is 1. The highest BCUT2D eigenvalue weighted by Gasteiger charge is 2.23. The van der Waals surface area contributed by atoms with Gasteiger partial charge in [-0.15, -0.1) is 0 Å². The predicted octanol–water partition coefficient (Wildman–Crippen LogP) is 3.58. The van der Waals surface area contributed by atoms with E-state index in [1.54, 1.807) is 25.4 Å². The summed E-state index contributed by atoms with van der Waals surface area (Å²) in [6.45, 7) is 5.59. The van der Waals surface area contributed by atoms with Crippen LogP contribution in [0.3, 0.4) is 0 Å². The third kappa shape index (κ3) is 4.25. The Hall–Kier alpha value is -2.34. The molecular weight excluding hydrogens is 328 g/mol. The molecule has 1 aliphatic rings. The molecule has 1 aromatic carbocycles. The molecule has 2 aromatic rings. The molecule has 0 bridgehead atoms. The molecule has 3 rings (SSSR count).